The molecule has 5 rings (SSSR count). The van der Waals surface area contributed by atoms with Crippen LogP contribution in [0, 0.1) is 0 Å². The van der Waals surface area contributed by atoms with Crippen molar-refractivity contribution in [2.45, 2.75) is 38.0 Å². The number of nitrogens with zero attached hydrogens (tertiary/aromatic N) is 4. The van der Waals surface area contributed by atoms with Gasteiger partial charge in [-0.15, -0.1) is 0 Å². The molecule has 1 saturated carbocycles. The average molecular weight is 534 g/mol. The molecule has 1 fully saturated rings. The van der Waals surface area contributed by atoms with Crippen molar-refractivity contribution in [2.24, 2.45) is 0 Å². The maximum atomic E-state index is 6.11. The molecular formula is C26H24Cl4N4. The van der Waals surface area contributed by atoms with E-state index in [9.17, 15) is 0 Å². The van der Waals surface area contributed by atoms with E-state index in [2.05, 4.69) is 32.1 Å². The van der Waals surface area contributed by atoms with E-state index < -0.39 is 0 Å². The van der Waals surface area contributed by atoms with Crippen LogP contribution in [0.2, 0.25) is 20.9 Å². The van der Waals surface area contributed by atoms with Crippen molar-refractivity contribution in [3.63, 3.8) is 0 Å². The first-order chi connectivity index (χ1) is 16.5. The third-order valence-corrected chi connectivity index (χ3v) is 6.09. The summed E-state index contributed by atoms with van der Waals surface area (Å²) in [5, 5.41) is 0.897. The standard InChI is InChI=1S/C18H12Cl4N4.C6H6.C2H6/c19-14-7-12(23-17(21)25-14)11-6-10(9-4-2-1-3-5-9)16(11)13-8-15(20)26-18(22)24-13;1-2-4-6-5-3-1;1-2/h1-5,7-8,10-11,16H,6H2;1-6H;1-2H3/t10-,11?,16?;;/m1../s1. The lowest BCUT2D eigenvalue weighted by Gasteiger charge is -2.44. The van der Waals surface area contributed by atoms with Crippen LogP contribution in [0.15, 0.2) is 78.9 Å². The summed E-state index contributed by atoms with van der Waals surface area (Å²) >= 11 is 24.2. The molecule has 0 spiro atoms. The summed E-state index contributed by atoms with van der Waals surface area (Å²) in [6.45, 7) is 4.00. The van der Waals surface area contributed by atoms with Crippen LogP contribution in [0.25, 0.3) is 0 Å². The Morgan fingerprint density at radius 2 is 1.03 bits per heavy atom. The molecule has 8 heteroatoms. The van der Waals surface area contributed by atoms with Crippen LogP contribution in [0.5, 0.6) is 0 Å². The molecule has 34 heavy (non-hydrogen) atoms. The van der Waals surface area contributed by atoms with Gasteiger partial charge in [-0.2, -0.15) is 0 Å². The van der Waals surface area contributed by atoms with Crippen molar-refractivity contribution in [2.75, 3.05) is 0 Å². The van der Waals surface area contributed by atoms with Gasteiger partial charge >= 0.3 is 0 Å². The van der Waals surface area contributed by atoms with Crippen LogP contribution < -0.4 is 0 Å². The number of rotatable bonds is 3. The second-order valence-corrected chi connectivity index (χ2v) is 8.76. The molecule has 4 nitrogen and oxygen atoms in total. The Labute approximate surface area is 220 Å². The molecule has 0 radical (unpaired) electrons. The highest BCUT2D eigenvalue weighted by Gasteiger charge is 2.45. The van der Waals surface area contributed by atoms with E-state index in [-0.39, 0.29) is 28.3 Å². The van der Waals surface area contributed by atoms with Crippen LogP contribution in [0.1, 0.15) is 55.0 Å². The summed E-state index contributed by atoms with van der Waals surface area (Å²) in [7, 11) is 0. The van der Waals surface area contributed by atoms with Crippen LogP contribution in [0.3, 0.4) is 0 Å². The highest BCUT2D eigenvalue weighted by Crippen LogP contribution is 2.57. The van der Waals surface area contributed by atoms with Crippen molar-refractivity contribution in [3.05, 3.63) is 117 Å². The largest absolute Gasteiger partial charge is 0.224 e. The van der Waals surface area contributed by atoms with Gasteiger partial charge in [-0.25, -0.2) is 19.9 Å². The van der Waals surface area contributed by atoms with E-state index in [4.69, 9.17) is 46.4 Å². The van der Waals surface area contributed by atoms with E-state index in [1.54, 1.807) is 12.1 Å². The normalized spacial score (nSPS) is 18.5. The number of hydrogen-bond donors (Lipinski definition) is 0. The van der Waals surface area contributed by atoms with Gasteiger partial charge in [0.25, 0.3) is 0 Å². The molecule has 0 N–H and O–H groups in total. The summed E-state index contributed by atoms with van der Waals surface area (Å²) < 4.78 is 0. The summed E-state index contributed by atoms with van der Waals surface area (Å²) in [5.41, 5.74) is 2.80. The van der Waals surface area contributed by atoms with Gasteiger partial charge in [-0.3, -0.25) is 0 Å². The van der Waals surface area contributed by atoms with Gasteiger partial charge < -0.3 is 0 Å². The summed E-state index contributed by atoms with van der Waals surface area (Å²) in [6, 6.07) is 25.8. The fourth-order valence-corrected chi connectivity index (χ4v) is 4.82. The molecule has 3 atom stereocenters. The minimum atomic E-state index is 0.0393. The summed E-state index contributed by atoms with van der Waals surface area (Å²) in [4.78, 5) is 16.7. The van der Waals surface area contributed by atoms with E-state index in [1.807, 2.05) is 68.4 Å². The van der Waals surface area contributed by atoms with Crippen LogP contribution in [-0.4, -0.2) is 19.9 Å². The molecule has 4 aromatic rings. The maximum Gasteiger partial charge on any atom is 0.224 e. The minimum Gasteiger partial charge on any atom is -0.223 e. The number of halogens is 4. The van der Waals surface area contributed by atoms with Crippen molar-refractivity contribution in [1.82, 2.24) is 19.9 Å². The molecule has 0 aliphatic heterocycles. The first-order valence-corrected chi connectivity index (χ1v) is 12.5. The topological polar surface area (TPSA) is 51.6 Å². The smallest absolute Gasteiger partial charge is 0.223 e. The van der Waals surface area contributed by atoms with Crippen molar-refractivity contribution < 1.29 is 0 Å². The second kappa shape index (κ2) is 13.0. The molecular weight excluding hydrogens is 510 g/mol. The monoisotopic (exact) mass is 532 g/mol. The predicted octanol–water partition coefficient (Wildman–Crippen LogP) is 8.65. The molecule has 0 bridgehead atoms. The third kappa shape index (κ3) is 6.89. The maximum absolute atomic E-state index is 6.11. The molecule has 176 valence electrons. The predicted molar refractivity (Wildman–Crippen MR) is 141 cm³/mol. The molecule has 1 aliphatic carbocycles. The zero-order valence-electron chi connectivity index (χ0n) is 18.7. The van der Waals surface area contributed by atoms with Crippen LogP contribution >= 0.6 is 46.4 Å². The first-order valence-electron chi connectivity index (χ1n) is 11.0. The van der Waals surface area contributed by atoms with Crippen molar-refractivity contribution >= 4 is 46.4 Å². The quantitative estimate of drug-likeness (QED) is 0.195. The lowest BCUT2D eigenvalue weighted by Crippen LogP contribution is -2.32. The Hall–Kier alpha value is -2.24. The lowest BCUT2D eigenvalue weighted by atomic mass is 9.59. The molecule has 2 aromatic heterocycles. The van der Waals surface area contributed by atoms with Gasteiger partial charge in [0.1, 0.15) is 10.3 Å². The van der Waals surface area contributed by atoms with Crippen LogP contribution in [-0.2, 0) is 0 Å². The van der Waals surface area contributed by atoms with Gasteiger partial charge in [0, 0.05) is 11.8 Å². The van der Waals surface area contributed by atoms with E-state index in [1.165, 1.54) is 5.56 Å². The Balaban J connectivity index is 0.000000348. The zero-order valence-corrected chi connectivity index (χ0v) is 21.8. The Bertz CT molecular complexity index is 1110. The van der Waals surface area contributed by atoms with Gasteiger partial charge in [-0.05, 0) is 53.2 Å². The minimum absolute atomic E-state index is 0.0393. The SMILES string of the molecule is CC.Clc1cc(C2C[C@H](c3ccccc3)C2c2cc(Cl)nc(Cl)n2)nc(Cl)n1.c1ccccc1. The first kappa shape index (κ1) is 26.4. The summed E-state index contributed by atoms with van der Waals surface area (Å²) in [5.74, 6) is 0.383. The van der Waals surface area contributed by atoms with Gasteiger partial charge in [0.2, 0.25) is 10.6 Å². The second-order valence-electron chi connectivity index (χ2n) is 7.31. The zero-order chi connectivity index (χ0) is 24.5. The molecule has 0 saturated heterocycles. The highest BCUT2D eigenvalue weighted by atomic mass is 35.5. The molecule has 2 unspecified atom stereocenters. The number of hydrogen-bond acceptors (Lipinski definition) is 4. The van der Waals surface area contributed by atoms with Crippen LogP contribution in [0.4, 0.5) is 0 Å². The van der Waals surface area contributed by atoms with Crippen molar-refractivity contribution in [3.8, 4) is 0 Å². The summed E-state index contributed by atoms with van der Waals surface area (Å²) in [6.07, 6.45) is 0.887. The van der Waals surface area contributed by atoms with Gasteiger partial charge in [0.05, 0.1) is 11.4 Å². The lowest BCUT2D eigenvalue weighted by molar-refractivity contribution is 0.274. The van der Waals surface area contributed by atoms with E-state index >= 15 is 0 Å². The Kier molecular flexibility index (Phi) is 10.1. The van der Waals surface area contributed by atoms with Gasteiger partial charge in [-0.1, -0.05) is 104 Å². The fourth-order valence-electron chi connectivity index (χ4n) is 3.97. The molecule has 0 amide bonds. The fraction of sp³-hybridized carbons (Fsp3) is 0.231. The van der Waals surface area contributed by atoms with E-state index in [0.717, 1.165) is 17.8 Å². The molecule has 2 heterocycles. The van der Waals surface area contributed by atoms with Gasteiger partial charge in [0.15, 0.2) is 0 Å². The number of benzene rings is 2. The average Bonchev–Trinajstić information content (AvgIpc) is 2.81. The Morgan fingerprint density at radius 1 is 0.588 bits per heavy atom. The third-order valence-electron chi connectivity index (χ3n) is 5.37. The van der Waals surface area contributed by atoms with E-state index in [0.29, 0.717) is 10.3 Å². The molecule has 1 aliphatic rings. The van der Waals surface area contributed by atoms with Crippen molar-refractivity contribution in [1.29, 1.82) is 0 Å². The molecule has 2 aromatic carbocycles. The number of aromatic nitrogens is 4. The highest BCUT2D eigenvalue weighted by molar-refractivity contribution is 6.32. The Morgan fingerprint density at radius 3 is 1.53 bits per heavy atom.